The number of aliphatic hydroxyl groups is 1. The van der Waals surface area contributed by atoms with Crippen molar-refractivity contribution < 1.29 is 14.6 Å². The highest BCUT2D eigenvalue weighted by Gasteiger charge is 2.19. The number of carbonyl (C=O) groups is 1. The Morgan fingerprint density at radius 2 is 1.06 bits per heavy atom. The first-order chi connectivity index (χ1) is 17.2. The van der Waals surface area contributed by atoms with Crippen LogP contribution in [0.5, 0.6) is 0 Å². The highest BCUT2D eigenvalue weighted by molar-refractivity contribution is 5.69. The molecule has 210 valence electrons. The van der Waals surface area contributed by atoms with Gasteiger partial charge in [-0.3, -0.25) is 4.79 Å². The molecule has 2 atom stereocenters. The minimum absolute atomic E-state index is 0.159. The molecule has 0 saturated carbocycles. The van der Waals surface area contributed by atoms with Crippen LogP contribution in [0.15, 0.2) is 12.2 Å². The highest BCUT2D eigenvalue weighted by atomic mass is 16.6. The molecule has 0 aliphatic heterocycles. The van der Waals surface area contributed by atoms with Crippen LogP contribution in [0.25, 0.3) is 0 Å². The van der Waals surface area contributed by atoms with Gasteiger partial charge in [-0.15, -0.1) is 0 Å². The maximum atomic E-state index is 12.2. The van der Waals surface area contributed by atoms with Gasteiger partial charge in [0.2, 0.25) is 0 Å². The number of carbonyl (C=O) groups excluding carboxylic acids is 1. The number of hydrogen-bond acceptors (Lipinski definition) is 3. The van der Waals surface area contributed by atoms with Crippen LogP contribution in [0.3, 0.4) is 0 Å². The Kier molecular flexibility index (Phi) is 32.4. The van der Waals surface area contributed by atoms with Gasteiger partial charge in [0.25, 0.3) is 0 Å². The van der Waals surface area contributed by atoms with Crippen molar-refractivity contribution >= 4 is 5.97 Å². The monoisotopic (exact) mass is 496 g/mol. The average Bonchev–Trinajstić information content (AvgIpc) is 2.88. The van der Waals surface area contributed by atoms with Gasteiger partial charge in [-0.25, -0.2) is 0 Å². The van der Waals surface area contributed by atoms with Gasteiger partial charge in [-0.2, -0.15) is 0 Å². The molecule has 3 nitrogen and oxygen atoms in total. The van der Waals surface area contributed by atoms with Gasteiger partial charge in [-0.1, -0.05) is 156 Å². The lowest BCUT2D eigenvalue weighted by Crippen LogP contribution is -2.29. The molecule has 2 unspecified atom stereocenters. The first-order valence-corrected chi connectivity index (χ1v) is 15.7. The third kappa shape index (κ3) is 27.6. The van der Waals surface area contributed by atoms with Gasteiger partial charge in [0, 0.05) is 6.42 Å². The molecule has 0 fully saturated rings. The van der Waals surface area contributed by atoms with Crippen LogP contribution in [0.4, 0.5) is 0 Å². The summed E-state index contributed by atoms with van der Waals surface area (Å²) in [5.74, 6) is -0.159. The molecule has 0 aromatic heterocycles. The Hall–Kier alpha value is -0.830. The van der Waals surface area contributed by atoms with Crippen molar-refractivity contribution in [2.75, 3.05) is 0 Å². The zero-order valence-electron chi connectivity index (χ0n) is 24.6. The zero-order valence-corrected chi connectivity index (χ0v) is 24.6. The minimum atomic E-state index is -0.690. The molecule has 35 heavy (non-hydrogen) atoms. The number of aliphatic hydroxyl groups excluding tert-OH is 1. The summed E-state index contributed by atoms with van der Waals surface area (Å²) in [4.78, 5) is 12.2. The van der Waals surface area contributed by atoms with Gasteiger partial charge in [0.15, 0.2) is 0 Å². The Morgan fingerprint density at radius 3 is 1.49 bits per heavy atom. The molecule has 0 bridgehead atoms. The van der Waals surface area contributed by atoms with E-state index in [0.717, 1.165) is 19.3 Å². The number of ether oxygens (including phenoxy) is 1. The summed E-state index contributed by atoms with van der Waals surface area (Å²) in [5, 5.41) is 10.4. The van der Waals surface area contributed by atoms with E-state index < -0.39 is 12.2 Å². The summed E-state index contributed by atoms with van der Waals surface area (Å²) in [6, 6.07) is 0. The topological polar surface area (TPSA) is 46.5 Å². The van der Waals surface area contributed by atoms with Gasteiger partial charge in [0.05, 0.1) is 0 Å². The maximum absolute atomic E-state index is 12.2. The fourth-order valence-corrected chi connectivity index (χ4v) is 4.31. The lowest BCUT2D eigenvalue weighted by atomic mass is 10.1. The van der Waals surface area contributed by atoms with Crippen LogP contribution < -0.4 is 0 Å². The molecular weight excluding hydrogens is 432 g/mol. The van der Waals surface area contributed by atoms with Gasteiger partial charge < -0.3 is 9.84 Å². The molecule has 0 heterocycles. The molecule has 0 saturated heterocycles. The smallest absolute Gasteiger partial charge is 0.306 e. The SMILES string of the molecule is CC.CCCCCCCCCCC/C=C/C(O)C(CC)OC(=O)CCCCCCCCCCCC. The van der Waals surface area contributed by atoms with Crippen LogP contribution in [0.1, 0.15) is 176 Å². The minimum Gasteiger partial charge on any atom is -0.459 e. The van der Waals surface area contributed by atoms with Gasteiger partial charge in [-0.05, 0) is 25.7 Å². The number of rotatable bonds is 25. The second-order valence-electron chi connectivity index (χ2n) is 9.90. The average molecular weight is 497 g/mol. The van der Waals surface area contributed by atoms with E-state index in [-0.39, 0.29) is 5.97 Å². The van der Waals surface area contributed by atoms with Crippen LogP contribution >= 0.6 is 0 Å². The summed E-state index contributed by atoms with van der Waals surface area (Å²) in [6.07, 6.45) is 29.4. The number of esters is 1. The second-order valence-corrected chi connectivity index (χ2v) is 9.90. The van der Waals surface area contributed by atoms with Crippen LogP contribution in [0, 0.1) is 0 Å². The van der Waals surface area contributed by atoms with Gasteiger partial charge >= 0.3 is 5.97 Å². The molecule has 0 radical (unpaired) electrons. The first-order valence-electron chi connectivity index (χ1n) is 15.7. The van der Waals surface area contributed by atoms with Crippen molar-refractivity contribution in [2.45, 2.75) is 188 Å². The molecule has 0 aliphatic rings. The van der Waals surface area contributed by atoms with E-state index in [1.807, 2.05) is 26.8 Å². The van der Waals surface area contributed by atoms with Crippen molar-refractivity contribution in [3.05, 3.63) is 12.2 Å². The predicted octanol–water partition coefficient (Wildman–Crippen LogP) is 10.5. The molecule has 1 N–H and O–H groups in total. The second kappa shape index (κ2) is 31.2. The quantitative estimate of drug-likeness (QED) is 0.0776. The molecular formula is C32H64O3. The molecule has 0 aliphatic carbocycles. The Morgan fingerprint density at radius 1 is 0.657 bits per heavy atom. The van der Waals surface area contributed by atoms with Crippen LogP contribution in [0.2, 0.25) is 0 Å². The maximum Gasteiger partial charge on any atom is 0.306 e. The van der Waals surface area contributed by atoms with Crippen LogP contribution in [-0.2, 0) is 9.53 Å². The van der Waals surface area contributed by atoms with E-state index in [2.05, 4.69) is 19.9 Å². The van der Waals surface area contributed by atoms with Crippen molar-refractivity contribution in [3.8, 4) is 0 Å². The highest BCUT2D eigenvalue weighted by Crippen LogP contribution is 2.14. The van der Waals surface area contributed by atoms with Crippen molar-refractivity contribution in [1.82, 2.24) is 0 Å². The van der Waals surface area contributed by atoms with E-state index in [1.54, 1.807) is 0 Å². The van der Waals surface area contributed by atoms with Crippen LogP contribution in [-0.4, -0.2) is 23.3 Å². The fourth-order valence-electron chi connectivity index (χ4n) is 4.31. The van der Waals surface area contributed by atoms with E-state index in [9.17, 15) is 9.90 Å². The first kappa shape index (κ1) is 36.3. The van der Waals surface area contributed by atoms with E-state index in [1.165, 1.54) is 109 Å². The lowest BCUT2D eigenvalue weighted by molar-refractivity contribution is -0.153. The summed E-state index contributed by atoms with van der Waals surface area (Å²) < 4.78 is 5.55. The Balaban J connectivity index is 0. The summed E-state index contributed by atoms with van der Waals surface area (Å²) in [7, 11) is 0. The molecule has 0 rings (SSSR count). The van der Waals surface area contributed by atoms with E-state index >= 15 is 0 Å². The molecule has 3 heteroatoms. The Bertz CT molecular complexity index is 433. The van der Waals surface area contributed by atoms with Crippen molar-refractivity contribution in [2.24, 2.45) is 0 Å². The number of unbranched alkanes of at least 4 members (excludes halogenated alkanes) is 18. The largest absolute Gasteiger partial charge is 0.459 e. The molecule has 0 aromatic rings. The van der Waals surface area contributed by atoms with Crippen molar-refractivity contribution in [1.29, 1.82) is 0 Å². The summed E-state index contributed by atoms with van der Waals surface area (Å²) in [6.45, 7) is 10.5. The Labute approximate surface area is 220 Å². The number of allylic oxidation sites excluding steroid dienone is 1. The third-order valence-corrected chi connectivity index (χ3v) is 6.61. The summed E-state index contributed by atoms with van der Waals surface area (Å²) in [5.41, 5.74) is 0. The zero-order chi connectivity index (χ0) is 26.4. The predicted molar refractivity (Wildman–Crippen MR) is 155 cm³/mol. The third-order valence-electron chi connectivity index (χ3n) is 6.61. The molecule has 0 amide bonds. The normalized spacial score (nSPS) is 12.9. The molecule has 0 spiro atoms. The number of hydrogen-bond donors (Lipinski definition) is 1. The van der Waals surface area contributed by atoms with Gasteiger partial charge in [0.1, 0.15) is 12.2 Å². The summed E-state index contributed by atoms with van der Waals surface area (Å²) >= 11 is 0. The van der Waals surface area contributed by atoms with E-state index in [0.29, 0.717) is 12.8 Å². The molecule has 0 aromatic carbocycles. The van der Waals surface area contributed by atoms with E-state index in [4.69, 9.17) is 4.74 Å². The lowest BCUT2D eigenvalue weighted by Gasteiger charge is -2.19. The fraction of sp³-hybridized carbons (Fsp3) is 0.906. The van der Waals surface area contributed by atoms with Crippen molar-refractivity contribution in [3.63, 3.8) is 0 Å². The standard InChI is InChI=1S/C30H58O3.C2H6/c1-4-7-9-11-13-15-17-18-20-22-24-26-28(31)29(6-3)33-30(32)27-25-23-21-19-16-14-12-10-8-5-2;1-2/h24,26,28-29,31H,4-23,25,27H2,1-3H3;1-2H3/b26-24+;.